The van der Waals surface area contributed by atoms with Gasteiger partial charge in [0.15, 0.2) is 0 Å². The smallest absolute Gasteiger partial charge is 0.147 e. The highest BCUT2D eigenvalue weighted by Gasteiger charge is 2.20. The molecule has 12 aromatic rings. The molecule has 5 aromatic heterocycles. The number of fused-ring (bicyclic) bond motifs is 15. The number of hydrogen-bond donors (Lipinski definition) is 0. The van der Waals surface area contributed by atoms with E-state index in [2.05, 4.69) is 202 Å². The highest BCUT2D eigenvalue weighted by atomic mass is 15.1. The van der Waals surface area contributed by atoms with Crippen molar-refractivity contribution in [3.05, 3.63) is 175 Å². The summed E-state index contributed by atoms with van der Waals surface area (Å²) in [4.78, 5) is 10.9. The predicted octanol–water partition coefficient (Wildman–Crippen LogP) is 12.5. The van der Waals surface area contributed by atoms with Crippen LogP contribution in [0, 0.1) is 6.92 Å². The van der Waals surface area contributed by atoms with Crippen LogP contribution in [0.3, 0.4) is 0 Å². The number of aryl methyl sites for hydroxylation is 1. The van der Waals surface area contributed by atoms with Crippen molar-refractivity contribution < 1.29 is 0 Å². The van der Waals surface area contributed by atoms with Gasteiger partial charge in [-0.15, -0.1) is 0 Å². The summed E-state index contributed by atoms with van der Waals surface area (Å²) >= 11 is 0. The van der Waals surface area contributed by atoms with Crippen molar-refractivity contribution in [3.8, 4) is 11.4 Å². The third-order valence-corrected chi connectivity index (χ3v) is 11.6. The van der Waals surface area contributed by atoms with Gasteiger partial charge in [0.2, 0.25) is 0 Å². The summed E-state index contributed by atoms with van der Waals surface area (Å²) < 4.78 is 9.37. The fourth-order valence-electron chi connectivity index (χ4n) is 9.23. The standard InChI is InChI=1S/C50H34N6/c1-3-14-41-31(2)49-51-39-29-32(53-42-20-9-4-15-34(42)35-16-5-10-21-43(35)53)26-28-48(39)56(49)46-24-13-8-19-38(46)50-52-40-30-33(25-27-47(40)55(41)50)54-44-22-11-6-17-36(44)37-18-7-12-23-45(37)54/h3-30H,1-2H3/b14-3-,41-31?. The van der Waals surface area contributed by atoms with Crippen LogP contribution in [-0.2, 0) is 0 Å². The third kappa shape index (κ3) is 4.15. The summed E-state index contributed by atoms with van der Waals surface area (Å²) in [5.41, 5.74) is 15.8. The Morgan fingerprint density at radius 3 is 1.30 bits per heavy atom. The van der Waals surface area contributed by atoms with Crippen LogP contribution in [0.4, 0.5) is 0 Å². The molecule has 0 aliphatic rings. The lowest BCUT2D eigenvalue weighted by atomic mass is 10.2. The minimum Gasteiger partial charge on any atom is -0.309 e. The van der Waals surface area contributed by atoms with Crippen LogP contribution >= 0.6 is 0 Å². The summed E-state index contributed by atoms with van der Waals surface area (Å²) in [6.45, 7) is 4.27. The van der Waals surface area contributed by atoms with E-state index in [1.54, 1.807) is 0 Å². The first-order valence-corrected chi connectivity index (χ1v) is 19.1. The van der Waals surface area contributed by atoms with E-state index < -0.39 is 0 Å². The maximum atomic E-state index is 5.48. The minimum absolute atomic E-state index is 0.900. The molecule has 0 saturated carbocycles. The Bertz CT molecular complexity index is 3580. The Balaban J connectivity index is 1.16. The molecule has 0 N–H and O–H groups in total. The molecule has 0 aliphatic heterocycles. The third-order valence-electron chi connectivity index (χ3n) is 11.6. The SMILES string of the molecule is C/C=C\c1c(C)c2nc3cc(-n4c5ccccc5c5ccccc54)ccc3n2c2ccccc2c2nc3cc(-n4c5ccccc5c5ccccc54)ccc3n12. The van der Waals surface area contributed by atoms with E-state index in [0.29, 0.717) is 0 Å². The summed E-state index contributed by atoms with van der Waals surface area (Å²) in [5, 5.41) is 6.02. The van der Waals surface area contributed by atoms with Gasteiger partial charge in [-0.1, -0.05) is 91.0 Å². The number of para-hydroxylation sites is 5. The number of aromatic nitrogens is 6. The monoisotopic (exact) mass is 718 g/mol. The van der Waals surface area contributed by atoms with Gasteiger partial charge >= 0.3 is 0 Å². The van der Waals surface area contributed by atoms with Gasteiger partial charge in [-0.05, 0) is 92.7 Å². The first-order chi connectivity index (χ1) is 27.7. The molecule has 0 saturated heterocycles. The van der Waals surface area contributed by atoms with Crippen molar-refractivity contribution >= 4 is 94.0 Å². The zero-order valence-electron chi connectivity index (χ0n) is 30.8. The Hall–Kier alpha value is -7.44. The second-order valence-electron chi connectivity index (χ2n) is 14.7. The molecule has 56 heavy (non-hydrogen) atoms. The van der Waals surface area contributed by atoms with Gasteiger partial charge in [0, 0.05) is 43.9 Å². The molecule has 0 aliphatic carbocycles. The van der Waals surface area contributed by atoms with Crippen molar-refractivity contribution in [2.75, 3.05) is 0 Å². The lowest BCUT2D eigenvalue weighted by Gasteiger charge is -2.11. The number of allylic oxidation sites excluding steroid dienone is 1. The maximum Gasteiger partial charge on any atom is 0.147 e. The highest BCUT2D eigenvalue weighted by Crippen LogP contribution is 2.37. The van der Waals surface area contributed by atoms with Crippen molar-refractivity contribution in [2.45, 2.75) is 13.8 Å². The first-order valence-electron chi connectivity index (χ1n) is 19.1. The number of nitrogens with zero attached hydrogens (tertiary/aromatic N) is 6. The van der Waals surface area contributed by atoms with Crippen LogP contribution in [0.1, 0.15) is 18.2 Å². The Morgan fingerprint density at radius 2 is 0.821 bits per heavy atom. The number of imidazole rings is 2. The van der Waals surface area contributed by atoms with Crippen molar-refractivity contribution in [2.24, 2.45) is 0 Å². The van der Waals surface area contributed by atoms with Crippen LogP contribution < -0.4 is 0 Å². The molecule has 12 rings (SSSR count). The van der Waals surface area contributed by atoms with Crippen molar-refractivity contribution in [1.82, 2.24) is 27.9 Å². The fourth-order valence-corrected chi connectivity index (χ4v) is 9.23. The van der Waals surface area contributed by atoms with Gasteiger partial charge in [0.05, 0.1) is 55.3 Å². The summed E-state index contributed by atoms with van der Waals surface area (Å²) in [6.07, 6.45) is 4.31. The summed E-state index contributed by atoms with van der Waals surface area (Å²) in [6, 6.07) is 56.6. The highest BCUT2D eigenvalue weighted by molar-refractivity contribution is 6.11. The van der Waals surface area contributed by atoms with Gasteiger partial charge in [-0.3, -0.25) is 8.80 Å². The van der Waals surface area contributed by atoms with Gasteiger partial charge in [0.25, 0.3) is 0 Å². The molecule has 0 fully saturated rings. The second-order valence-corrected chi connectivity index (χ2v) is 14.7. The Kier molecular flexibility index (Phi) is 6.38. The van der Waals surface area contributed by atoms with Crippen LogP contribution in [0.2, 0.25) is 0 Å². The van der Waals surface area contributed by atoms with E-state index in [9.17, 15) is 0 Å². The van der Waals surface area contributed by atoms with E-state index in [1.165, 1.54) is 43.6 Å². The molecule has 0 atom stereocenters. The lowest BCUT2D eigenvalue weighted by molar-refractivity contribution is 1.16. The average molecular weight is 719 g/mol. The molecular formula is C50H34N6. The van der Waals surface area contributed by atoms with Crippen LogP contribution in [0.25, 0.3) is 105 Å². The van der Waals surface area contributed by atoms with Crippen LogP contribution in [-0.4, -0.2) is 27.9 Å². The largest absolute Gasteiger partial charge is 0.309 e. The van der Waals surface area contributed by atoms with E-state index >= 15 is 0 Å². The molecule has 0 bridgehead atoms. The quantitative estimate of drug-likeness (QED) is 0.183. The van der Waals surface area contributed by atoms with Gasteiger partial charge in [-0.2, -0.15) is 0 Å². The van der Waals surface area contributed by atoms with Gasteiger partial charge in [-0.25, -0.2) is 9.97 Å². The van der Waals surface area contributed by atoms with E-state index in [1.807, 2.05) is 0 Å². The zero-order valence-corrected chi connectivity index (χ0v) is 30.8. The normalized spacial score (nSPS) is 12.4. The first kappa shape index (κ1) is 31.0. The molecule has 0 unspecified atom stereocenters. The van der Waals surface area contributed by atoms with E-state index in [4.69, 9.17) is 9.97 Å². The molecule has 6 heteroatoms. The molecule has 0 spiro atoms. The van der Waals surface area contributed by atoms with Crippen LogP contribution in [0.5, 0.6) is 0 Å². The maximum absolute atomic E-state index is 5.48. The number of benzene rings is 7. The van der Waals surface area contributed by atoms with E-state index in [-0.39, 0.29) is 0 Å². The average Bonchev–Trinajstić information content (AvgIpc) is 3.99. The Morgan fingerprint density at radius 1 is 0.411 bits per heavy atom. The Labute approximate surface area is 321 Å². The summed E-state index contributed by atoms with van der Waals surface area (Å²) in [7, 11) is 0. The molecule has 0 radical (unpaired) electrons. The fraction of sp³-hybridized carbons (Fsp3) is 0.0400. The molecule has 5 heterocycles. The summed E-state index contributed by atoms with van der Waals surface area (Å²) in [5.74, 6) is 0. The van der Waals surface area contributed by atoms with Gasteiger partial charge < -0.3 is 9.13 Å². The van der Waals surface area contributed by atoms with Crippen molar-refractivity contribution in [1.29, 1.82) is 0 Å². The molecule has 6 nitrogen and oxygen atoms in total. The number of hydrogen-bond acceptors (Lipinski definition) is 2. The van der Waals surface area contributed by atoms with E-state index in [0.717, 1.165) is 66.9 Å². The zero-order chi connectivity index (χ0) is 37.1. The molecule has 264 valence electrons. The minimum atomic E-state index is 0.900. The molecular weight excluding hydrogens is 685 g/mol. The lowest BCUT2D eigenvalue weighted by Crippen LogP contribution is -1.99. The molecule has 7 aromatic carbocycles. The topological polar surface area (TPSA) is 44.5 Å². The second kappa shape index (κ2) is 11.5. The van der Waals surface area contributed by atoms with Gasteiger partial charge in [0.1, 0.15) is 11.3 Å². The predicted molar refractivity (Wildman–Crippen MR) is 233 cm³/mol. The molecule has 0 amide bonds. The van der Waals surface area contributed by atoms with Crippen molar-refractivity contribution in [3.63, 3.8) is 0 Å². The van der Waals surface area contributed by atoms with Crippen LogP contribution in [0.15, 0.2) is 164 Å². The number of rotatable bonds is 3.